The molecule has 150 valence electrons. The van der Waals surface area contributed by atoms with Crippen molar-refractivity contribution >= 4 is 11.0 Å². The van der Waals surface area contributed by atoms with E-state index in [0.717, 1.165) is 39.1 Å². The summed E-state index contributed by atoms with van der Waals surface area (Å²) >= 11 is 0. The molecule has 0 amide bonds. The van der Waals surface area contributed by atoms with Gasteiger partial charge >= 0.3 is 0 Å². The molecular weight excluding hydrogens is 350 g/mol. The van der Waals surface area contributed by atoms with Gasteiger partial charge in [0.2, 0.25) is 0 Å². The number of aromatic amines is 1. The molecule has 3 heterocycles. The molecule has 3 aromatic rings. The van der Waals surface area contributed by atoms with E-state index in [4.69, 9.17) is 4.98 Å². The van der Waals surface area contributed by atoms with Crippen LogP contribution in [0, 0.1) is 13.8 Å². The number of aromatic nitrogens is 4. The van der Waals surface area contributed by atoms with E-state index in [1.807, 2.05) is 30.8 Å². The molecule has 0 aliphatic carbocycles. The fourth-order valence-corrected chi connectivity index (χ4v) is 3.41. The number of aryl methyl sites for hydroxylation is 2. The average molecular weight is 382 g/mol. The van der Waals surface area contributed by atoms with Gasteiger partial charge in [-0.05, 0) is 51.0 Å². The first-order valence-electron chi connectivity index (χ1n) is 9.85. The molecule has 3 rings (SSSR count). The Kier molecular flexibility index (Phi) is 5.44. The smallest absolute Gasteiger partial charge is 0.252 e. The number of fused-ring (bicyclic) bond motifs is 1. The van der Waals surface area contributed by atoms with Crippen molar-refractivity contribution in [3.05, 3.63) is 56.8 Å². The lowest BCUT2D eigenvalue weighted by Crippen LogP contribution is -2.23. The molecule has 6 nitrogen and oxygen atoms in total. The van der Waals surface area contributed by atoms with E-state index in [1.165, 1.54) is 0 Å². The Labute approximate surface area is 166 Å². The summed E-state index contributed by atoms with van der Waals surface area (Å²) in [5, 5.41) is 9.06. The molecule has 0 unspecified atom stereocenters. The Morgan fingerprint density at radius 2 is 1.89 bits per heavy atom. The summed E-state index contributed by atoms with van der Waals surface area (Å²) in [6.07, 6.45) is 1.90. The summed E-state index contributed by atoms with van der Waals surface area (Å²) in [5.41, 5.74) is 5.72. The molecule has 28 heavy (non-hydrogen) atoms. The van der Waals surface area contributed by atoms with Gasteiger partial charge in [0, 0.05) is 46.9 Å². The molecule has 0 aromatic carbocycles. The van der Waals surface area contributed by atoms with E-state index in [1.54, 1.807) is 0 Å². The van der Waals surface area contributed by atoms with Crippen molar-refractivity contribution in [3.8, 4) is 0 Å². The number of rotatable bonds is 5. The summed E-state index contributed by atoms with van der Waals surface area (Å²) in [7, 11) is 0. The van der Waals surface area contributed by atoms with Gasteiger partial charge in [-0.3, -0.25) is 4.79 Å². The predicted octanol–water partition coefficient (Wildman–Crippen LogP) is 3.90. The largest absolute Gasteiger partial charge is 0.326 e. The Balaban J connectivity index is 1.93. The average Bonchev–Trinajstić information content (AvgIpc) is 3.00. The number of pyridine rings is 2. The molecule has 0 fully saturated rings. The lowest BCUT2D eigenvalue weighted by molar-refractivity contribution is 0.536. The van der Waals surface area contributed by atoms with Crippen molar-refractivity contribution in [1.82, 2.24) is 25.1 Å². The topological polar surface area (TPSA) is 75.6 Å². The fraction of sp³-hybridized carbons (Fsp3) is 0.500. The van der Waals surface area contributed by atoms with Gasteiger partial charge in [0.25, 0.3) is 5.56 Å². The van der Waals surface area contributed by atoms with E-state index in [0.29, 0.717) is 13.1 Å². The Morgan fingerprint density at radius 1 is 1.18 bits per heavy atom. The van der Waals surface area contributed by atoms with Gasteiger partial charge in [-0.25, -0.2) is 9.67 Å². The molecule has 0 bridgehead atoms. The summed E-state index contributed by atoms with van der Waals surface area (Å²) < 4.78 is 1.98. The van der Waals surface area contributed by atoms with Gasteiger partial charge in [-0.1, -0.05) is 20.8 Å². The first-order valence-corrected chi connectivity index (χ1v) is 9.85. The van der Waals surface area contributed by atoms with E-state index < -0.39 is 0 Å². The van der Waals surface area contributed by atoms with Gasteiger partial charge in [-0.2, -0.15) is 5.10 Å². The van der Waals surface area contributed by atoms with E-state index >= 15 is 0 Å². The second-order valence-electron chi connectivity index (χ2n) is 8.88. The van der Waals surface area contributed by atoms with Crippen molar-refractivity contribution in [2.75, 3.05) is 0 Å². The normalized spacial score (nSPS) is 12.3. The van der Waals surface area contributed by atoms with Crippen LogP contribution in [0.2, 0.25) is 0 Å². The molecule has 0 aliphatic rings. The third-order valence-electron chi connectivity index (χ3n) is 5.02. The van der Waals surface area contributed by atoms with Crippen LogP contribution in [0.15, 0.2) is 23.1 Å². The lowest BCUT2D eigenvalue weighted by Gasteiger charge is -2.20. The second kappa shape index (κ2) is 7.51. The number of nitrogens with one attached hydrogen (secondary N) is 2. The van der Waals surface area contributed by atoms with E-state index in [2.05, 4.69) is 56.1 Å². The maximum atomic E-state index is 12.3. The van der Waals surface area contributed by atoms with Crippen LogP contribution in [-0.4, -0.2) is 19.7 Å². The van der Waals surface area contributed by atoms with Crippen LogP contribution in [0.3, 0.4) is 0 Å². The highest BCUT2D eigenvalue weighted by atomic mass is 16.1. The third-order valence-corrected chi connectivity index (χ3v) is 5.02. The highest BCUT2D eigenvalue weighted by Gasteiger charge is 2.20. The number of H-pyrrole nitrogens is 1. The standard InChI is InChI=1S/C22H31N5O/c1-13(2)27-20-18(12-24-27)16(9-19(26-20)22(5,6)7)10-23-11-17-14(3)8-15(4)25-21(17)28/h8-9,12-13,23H,10-11H2,1-7H3,(H,25,28). The summed E-state index contributed by atoms with van der Waals surface area (Å²) in [5.74, 6) is 0. The van der Waals surface area contributed by atoms with Gasteiger partial charge in [-0.15, -0.1) is 0 Å². The minimum atomic E-state index is -0.0558. The summed E-state index contributed by atoms with van der Waals surface area (Å²) in [6.45, 7) is 15.8. The molecule has 3 aromatic heterocycles. The zero-order chi connectivity index (χ0) is 20.6. The van der Waals surface area contributed by atoms with Crippen LogP contribution in [-0.2, 0) is 18.5 Å². The van der Waals surface area contributed by atoms with Crippen molar-refractivity contribution in [2.24, 2.45) is 0 Å². The molecule has 0 radical (unpaired) electrons. The predicted molar refractivity (Wildman–Crippen MR) is 114 cm³/mol. The molecule has 2 N–H and O–H groups in total. The Hall–Kier alpha value is -2.47. The number of hydrogen-bond donors (Lipinski definition) is 2. The summed E-state index contributed by atoms with van der Waals surface area (Å²) in [4.78, 5) is 20.1. The van der Waals surface area contributed by atoms with Gasteiger partial charge in [0.1, 0.15) is 0 Å². The van der Waals surface area contributed by atoms with Crippen LogP contribution < -0.4 is 10.9 Å². The van der Waals surface area contributed by atoms with Crippen molar-refractivity contribution in [3.63, 3.8) is 0 Å². The van der Waals surface area contributed by atoms with Crippen molar-refractivity contribution in [1.29, 1.82) is 0 Å². The Bertz CT molecular complexity index is 1050. The molecule has 0 atom stereocenters. The van der Waals surface area contributed by atoms with E-state index in [-0.39, 0.29) is 17.0 Å². The quantitative estimate of drug-likeness (QED) is 0.703. The van der Waals surface area contributed by atoms with Crippen LogP contribution in [0.25, 0.3) is 11.0 Å². The molecule has 6 heteroatoms. The minimum Gasteiger partial charge on any atom is -0.326 e. The second-order valence-corrected chi connectivity index (χ2v) is 8.88. The zero-order valence-electron chi connectivity index (χ0n) is 18.0. The lowest BCUT2D eigenvalue weighted by atomic mass is 9.90. The summed E-state index contributed by atoms with van der Waals surface area (Å²) in [6, 6.07) is 4.41. The minimum absolute atomic E-state index is 0.0205. The third kappa shape index (κ3) is 4.02. The van der Waals surface area contributed by atoms with Gasteiger partial charge in [0.15, 0.2) is 5.65 Å². The van der Waals surface area contributed by atoms with Gasteiger partial charge in [0.05, 0.1) is 6.20 Å². The molecule has 0 aliphatic heterocycles. The van der Waals surface area contributed by atoms with Crippen LogP contribution in [0.1, 0.15) is 68.7 Å². The monoisotopic (exact) mass is 381 g/mol. The van der Waals surface area contributed by atoms with Crippen molar-refractivity contribution < 1.29 is 0 Å². The maximum absolute atomic E-state index is 12.3. The van der Waals surface area contributed by atoms with Crippen molar-refractivity contribution in [2.45, 2.75) is 73.0 Å². The Morgan fingerprint density at radius 3 is 2.50 bits per heavy atom. The maximum Gasteiger partial charge on any atom is 0.252 e. The number of nitrogens with zero attached hydrogens (tertiary/aromatic N) is 3. The highest BCUT2D eigenvalue weighted by Crippen LogP contribution is 2.27. The van der Waals surface area contributed by atoms with Crippen LogP contribution >= 0.6 is 0 Å². The molecule has 0 saturated heterocycles. The van der Waals surface area contributed by atoms with Gasteiger partial charge < -0.3 is 10.3 Å². The SMILES string of the molecule is Cc1cc(C)c(CNCc2cc(C(C)(C)C)nc3c2cnn3C(C)C)c(=O)[nH]1. The van der Waals surface area contributed by atoms with E-state index in [9.17, 15) is 4.79 Å². The van der Waals surface area contributed by atoms with Crippen LogP contribution in [0.5, 0.6) is 0 Å². The van der Waals surface area contributed by atoms with Crippen LogP contribution in [0.4, 0.5) is 0 Å². The fourth-order valence-electron chi connectivity index (χ4n) is 3.41. The highest BCUT2D eigenvalue weighted by molar-refractivity contribution is 5.79. The first-order chi connectivity index (χ1) is 13.1. The molecule has 0 saturated carbocycles. The zero-order valence-corrected chi connectivity index (χ0v) is 18.0. The molecular formula is C22H31N5O. The first kappa shape index (κ1) is 20.3. The molecule has 0 spiro atoms. The number of hydrogen-bond acceptors (Lipinski definition) is 4.